The number of nitrogens with zero attached hydrogens (tertiary/aromatic N) is 4. The van der Waals surface area contributed by atoms with E-state index in [1.807, 2.05) is 60.4 Å². The Hall–Kier alpha value is -3.80. The second kappa shape index (κ2) is 7.55. The van der Waals surface area contributed by atoms with Crippen LogP contribution < -0.4 is 4.90 Å². The predicted molar refractivity (Wildman–Crippen MR) is 114 cm³/mol. The maximum atomic E-state index is 13.1. The zero-order chi connectivity index (χ0) is 20.5. The van der Waals surface area contributed by atoms with Crippen LogP contribution in [-0.4, -0.2) is 27.6 Å². The molecule has 0 spiro atoms. The van der Waals surface area contributed by atoms with Crippen LogP contribution >= 0.6 is 0 Å². The highest BCUT2D eigenvalue weighted by atomic mass is 16.4. The van der Waals surface area contributed by atoms with Crippen molar-refractivity contribution in [1.82, 2.24) is 15.2 Å². The zero-order valence-corrected chi connectivity index (χ0v) is 16.6. The third-order valence-corrected chi connectivity index (χ3v) is 5.38. The number of rotatable bonds is 3. The quantitative estimate of drug-likeness (QED) is 0.502. The minimum atomic E-state index is -0.0263. The van der Waals surface area contributed by atoms with Gasteiger partial charge in [-0.05, 0) is 67.8 Å². The van der Waals surface area contributed by atoms with Crippen molar-refractivity contribution in [3.05, 3.63) is 83.7 Å². The molecule has 4 aromatic rings. The Balaban J connectivity index is 1.39. The lowest BCUT2D eigenvalue weighted by atomic mass is 10.0. The van der Waals surface area contributed by atoms with Crippen LogP contribution in [0.2, 0.25) is 0 Å². The molecule has 6 heteroatoms. The van der Waals surface area contributed by atoms with Gasteiger partial charge in [-0.2, -0.15) is 0 Å². The Morgan fingerprint density at radius 1 is 0.967 bits per heavy atom. The molecule has 0 unspecified atom stereocenters. The molecular formula is C24H20N4O2. The zero-order valence-electron chi connectivity index (χ0n) is 16.6. The SMILES string of the molecule is Cc1ccccc1-c1nnc(-c2ccc(C(=O)N3CCCc4ncccc43)cc2)o1. The van der Waals surface area contributed by atoms with Gasteiger partial charge in [0.05, 0.1) is 11.4 Å². The van der Waals surface area contributed by atoms with Crippen molar-refractivity contribution in [2.75, 3.05) is 11.4 Å². The van der Waals surface area contributed by atoms with Crippen LogP contribution in [0.25, 0.3) is 22.9 Å². The average molecular weight is 396 g/mol. The summed E-state index contributed by atoms with van der Waals surface area (Å²) >= 11 is 0. The van der Waals surface area contributed by atoms with Crippen LogP contribution in [0.5, 0.6) is 0 Å². The first-order chi connectivity index (χ1) is 14.7. The molecule has 1 aliphatic heterocycles. The normalized spacial score (nSPS) is 13.2. The number of aromatic nitrogens is 3. The van der Waals surface area contributed by atoms with Crippen molar-refractivity contribution >= 4 is 11.6 Å². The number of hydrogen-bond donors (Lipinski definition) is 0. The Labute approximate surface area is 174 Å². The summed E-state index contributed by atoms with van der Waals surface area (Å²) in [5.41, 5.74) is 5.26. The van der Waals surface area contributed by atoms with Crippen molar-refractivity contribution in [1.29, 1.82) is 0 Å². The maximum Gasteiger partial charge on any atom is 0.258 e. The first-order valence-corrected chi connectivity index (χ1v) is 9.96. The highest BCUT2D eigenvalue weighted by Gasteiger charge is 2.24. The van der Waals surface area contributed by atoms with E-state index in [1.165, 1.54) is 0 Å². The van der Waals surface area contributed by atoms with Gasteiger partial charge in [0.2, 0.25) is 11.8 Å². The van der Waals surface area contributed by atoms with E-state index in [0.29, 0.717) is 23.9 Å². The molecule has 0 atom stereocenters. The van der Waals surface area contributed by atoms with Crippen LogP contribution in [0.1, 0.15) is 28.0 Å². The smallest absolute Gasteiger partial charge is 0.258 e. The highest BCUT2D eigenvalue weighted by molar-refractivity contribution is 6.06. The molecule has 0 radical (unpaired) electrons. The Morgan fingerprint density at radius 2 is 1.77 bits per heavy atom. The highest BCUT2D eigenvalue weighted by Crippen LogP contribution is 2.28. The second-order valence-electron chi connectivity index (χ2n) is 7.33. The minimum Gasteiger partial charge on any atom is -0.416 e. The molecule has 6 nitrogen and oxygen atoms in total. The van der Waals surface area contributed by atoms with Crippen LogP contribution in [0, 0.1) is 6.92 Å². The number of anilines is 1. The number of hydrogen-bond acceptors (Lipinski definition) is 5. The van der Waals surface area contributed by atoms with Gasteiger partial charge in [-0.25, -0.2) is 0 Å². The van der Waals surface area contributed by atoms with Crippen molar-refractivity contribution in [3.63, 3.8) is 0 Å². The molecule has 0 N–H and O–H groups in total. The molecule has 148 valence electrons. The summed E-state index contributed by atoms with van der Waals surface area (Å²) < 4.78 is 5.87. The van der Waals surface area contributed by atoms with Gasteiger partial charge < -0.3 is 9.32 Å². The standard InChI is InChI=1S/C24H20N4O2/c1-16-6-2-3-7-19(16)23-27-26-22(30-23)17-10-12-18(13-11-17)24(29)28-15-5-8-20-21(28)9-4-14-25-20/h2-4,6-7,9-14H,5,8,15H2,1H3. The van der Waals surface area contributed by atoms with Crippen LogP contribution in [0.3, 0.4) is 0 Å². The summed E-state index contributed by atoms with van der Waals surface area (Å²) in [7, 11) is 0. The van der Waals surface area contributed by atoms with Gasteiger partial charge in [0.25, 0.3) is 5.91 Å². The van der Waals surface area contributed by atoms with Gasteiger partial charge in [0, 0.05) is 29.4 Å². The van der Waals surface area contributed by atoms with E-state index < -0.39 is 0 Å². The van der Waals surface area contributed by atoms with Crippen LogP contribution in [0.4, 0.5) is 5.69 Å². The topological polar surface area (TPSA) is 72.1 Å². The molecule has 0 saturated heterocycles. The Bertz CT molecular complexity index is 1210. The summed E-state index contributed by atoms with van der Waals surface area (Å²) in [6.45, 7) is 2.70. The number of benzene rings is 2. The molecule has 30 heavy (non-hydrogen) atoms. The molecule has 0 aliphatic carbocycles. The fourth-order valence-corrected chi connectivity index (χ4v) is 3.78. The lowest BCUT2D eigenvalue weighted by Crippen LogP contribution is -2.35. The maximum absolute atomic E-state index is 13.1. The third-order valence-electron chi connectivity index (χ3n) is 5.38. The van der Waals surface area contributed by atoms with E-state index in [9.17, 15) is 4.79 Å². The van der Waals surface area contributed by atoms with Gasteiger partial charge in [-0.15, -0.1) is 10.2 Å². The lowest BCUT2D eigenvalue weighted by molar-refractivity contribution is 0.0985. The average Bonchev–Trinajstić information content (AvgIpc) is 3.29. The van der Waals surface area contributed by atoms with Crippen molar-refractivity contribution in [2.45, 2.75) is 19.8 Å². The number of carbonyl (C=O) groups is 1. The number of fused-ring (bicyclic) bond motifs is 1. The van der Waals surface area contributed by atoms with Gasteiger partial charge in [0.1, 0.15) is 0 Å². The van der Waals surface area contributed by atoms with Gasteiger partial charge in [-0.3, -0.25) is 9.78 Å². The summed E-state index contributed by atoms with van der Waals surface area (Å²) in [6, 6.07) is 19.0. The van der Waals surface area contributed by atoms with Gasteiger partial charge >= 0.3 is 0 Å². The fourth-order valence-electron chi connectivity index (χ4n) is 3.78. The Morgan fingerprint density at radius 3 is 2.60 bits per heavy atom. The summed E-state index contributed by atoms with van der Waals surface area (Å²) in [5.74, 6) is 0.891. The predicted octanol–water partition coefficient (Wildman–Crippen LogP) is 4.70. The molecule has 0 bridgehead atoms. The van der Waals surface area contributed by atoms with Crippen LogP contribution in [0.15, 0.2) is 71.3 Å². The molecule has 5 rings (SSSR count). The van der Waals surface area contributed by atoms with Crippen LogP contribution in [-0.2, 0) is 6.42 Å². The molecule has 1 amide bonds. The third kappa shape index (κ3) is 3.26. The summed E-state index contributed by atoms with van der Waals surface area (Å²) in [4.78, 5) is 19.3. The fraction of sp³-hybridized carbons (Fsp3) is 0.167. The van der Waals surface area contributed by atoms with Crippen molar-refractivity contribution < 1.29 is 9.21 Å². The number of amides is 1. The number of aryl methyl sites for hydroxylation is 2. The summed E-state index contributed by atoms with van der Waals surface area (Å²) in [6.07, 6.45) is 3.59. The monoisotopic (exact) mass is 396 g/mol. The second-order valence-corrected chi connectivity index (χ2v) is 7.33. The molecular weight excluding hydrogens is 376 g/mol. The lowest BCUT2D eigenvalue weighted by Gasteiger charge is -2.28. The van der Waals surface area contributed by atoms with E-state index in [1.54, 1.807) is 18.3 Å². The van der Waals surface area contributed by atoms with E-state index in [-0.39, 0.29) is 5.91 Å². The minimum absolute atomic E-state index is 0.0263. The molecule has 2 aromatic carbocycles. The van der Waals surface area contributed by atoms with E-state index in [2.05, 4.69) is 15.2 Å². The molecule has 1 aliphatic rings. The number of pyridine rings is 1. The van der Waals surface area contributed by atoms with Gasteiger partial charge in [-0.1, -0.05) is 18.2 Å². The van der Waals surface area contributed by atoms with Gasteiger partial charge in [0.15, 0.2) is 0 Å². The first kappa shape index (κ1) is 18.2. The first-order valence-electron chi connectivity index (χ1n) is 9.96. The van der Waals surface area contributed by atoms with E-state index >= 15 is 0 Å². The van der Waals surface area contributed by atoms with Crippen molar-refractivity contribution in [3.8, 4) is 22.9 Å². The Kier molecular flexibility index (Phi) is 4.59. The molecule has 0 fully saturated rings. The van der Waals surface area contributed by atoms with E-state index in [4.69, 9.17) is 4.42 Å². The molecule has 3 heterocycles. The largest absolute Gasteiger partial charge is 0.416 e. The summed E-state index contributed by atoms with van der Waals surface area (Å²) in [5, 5.41) is 8.36. The van der Waals surface area contributed by atoms with Crippen molar-refractivity contribution in [2.24, 2.45) is 0 Å². The molecule has 0 saturated carbocycles. The van der Waals surface area contributed by atoms with E-state index in [0.717, 1.165) is 40.9 Å². The molecule has 2 aromatic heterocycles. The number of carbonyl (C=O) groups excluding carboxylic acids is 1.